The Hall–Kier alpha value is -1.66. The van der Waals surface area contributed by atoms with E-state index in [1.54, 1.807) is 16.3 Å². The molecule has 0 heterocycles. The molecule has 1 atom stereocenters. The van der Waals surface area contributed by atoms with Crippen LogP contribution in [0, 0.1) is 6.92 Å². The van der Waals surface area contributed by atoms with Gasteiger partial charge in [0.2, 0.25) is 0 Å². The Balaban J connectivity index is 0.000000329. The molecule has 0 saturated carbocycles. The van der Waals surface area contributed by atoms with Gasteiger partial charge in [0, 0.05) is 0 Å². The van der Waals surface area contributed by atoms with Gasteiger partial charge < -0.3 is 24.8 Å². The first kappa shape index (κ1) is 40.8. The fourth-order valence-electron chi connectivity index (χ4n) is 7.62. The normalized spacial score (nSPS) is 18.5. The second-order valence-corrected chi connectivity index (χ2v) is 33.1. The quantitative estimate of drug-likeness (QED) is 0.262. The molecule has 3 aliphatic rings. The topological polar surface area (TPSA) is 0 Å². The van der Waals surface area contributed by atoms with E-state index in [1.165, 1.54) is 65.7 Å². The summed E-state index contributed by atoms with van der Waals surface area (Å²) in [6, 6.07) is 28.1. The van der Waals surface area contributed by atoms with Gasteiger partial charge in [-0.25, -0.2) is 0 Å². The van der Waals surface area contributed by atoms with Gasteiger partial charge in [-0.05, 0) is 18.4 Å². The third-order valence-electron chi connectivity index (χ3n) is 9.92. The molecule has 3 aromatic rings. The molecule has 48 heavy (non-hydrogen) atoms. The maximum absolute atomic E-state index is 4.01. The van der Waals surface area contributed by atoms with Gasteiger partial charge >= 0.3 is 99.2 Å². The number of halogens is 2. The van der Waals surface area contributed by atoms with E-state index in [1.807, 2.05) is 5.20 Å². The second kappa shape index (κ2) is 15.3. The molecule has 250 valence electrons. The van der Waals surface area contributed by atoms with Crippen LogP contribution in [-0.2, 0) is 24.2 Å². The third kappa shape index (κ3) is 7.80. The fraction of sp³-hybridized carbons (Fsp3) is 0.310. The van der Waals surface area contributed by atoms with Crippen molar-refractivity contribution in [1.29, 1.82) is 0 Å². The number of rotatable bonds is 6. The van der Waals surface area contributed by atoms with Crippen molar-refractivity contribution in [3.05, 3.63) is 151 Å². The van der Waals surface area contributed by atoms with Crippen LogP contribution in [0.4, 0.5) is 0 Å². The number of allylic oxidation sites excluding steroid dienone is 8. The van der Waals surface area contributed by atoms with Crippen molar-refractivity contribution in [3.63, 3.8) is 0 Å². The van der Waals surface area contributed by atoms with Crippen LogP contribution in [0.1, 0.15) is 30.0 Å². The monoisotopic (exact) mass is 799 g/mol. The first-order valence-corrected chi connectivity index (χ1v) is 28.5. The van der Waals surface area contributed by atoms with Gasteiger partial charge in [0.1, 0.15) is 0 Å². The van der Waals surface area contributed by atoms with Crippen molar-refractivity contribution in [2.24, 2.45) is 0 Å². The standard InChI is InChI=1S/C29H41Si3.C13H10.2ClH.Zr/c1-20-16-17-23-22(18-20)19-24-25(23)27(30(3,4)5)28(31(6,7)8)29(2,32(9,10)11)26(24)21-14-12-13-15-21;1-3-7-12(8-4-1)11-13-9-5-2-6-10-13;;;/h12-14,16-18H,15H2,1-11H3;1-10H;2*1H;/q-1;;;;+2/p-2. The van der Waals surface area contributed by atoms with E-state index >= 15 is 0 Å². The van der Waals surface area contributed by atoms with E-state index in [9.17, 15) is 0 Å². The summed E-state index contributed by atoms with van der Waals surface area (Å²) in [4.78, 5) is 0. The SMILES string of the molecule is Cc1ccc2c(c1)=[C-]C1=C(C3=CC=CC3)C(C)([Si](C)(C)C)C([Si](C)(C)C)=C([Si](C)(C)C)C=21.[Cl-].[Cl-].[Zr+2]=[C](c1ccccc1)c1ccccc1. The van der Waals surface area contributed by atoms with Crippen LogP contribution in [0.2, 0.25) is 64.0 Å². The van der Waals surface area contributed by atoms with E-state index < -0.39 is 24.2 Å². The molecule has 0 fully saturated rings. The van der Waals surface area contributed by atoms with Crippen molar-refractivity contribution in [2.75, 3.05) is 0 Å². The van der Waals surface area contributed by atoms with Crippen LogP contribution in [0.15, 0.2) is 124 Å². The summed E-state index contributed by atoms with van der Waals surface area (Å²) in [5.74, 6) is 0. The van der Waals surface area contributed by atoms with E-state index in [4.69, 9.17) is 0 Å². The molecular weight excluding hydrogens is 751 g/mol. The van der Waals surface area contributed by atoms with Crippen molar-refractivity contribution < 1.29 is 49.0 Å². The molecule has 0 spiro atoms. The van der Waals surface area contributed by atoms with Crippen molar-refractivity contribution in [2.45, 2.75) is 84.2 Å². The molecule has 0 N–H and O–H groups in total. The average Bonchev–Trinajstić information content (AvgIpc) is 3.63. The van der Waals surface area contributed by atoms with Gasteiger partial charge in [0.15, 0.2) is 0 Å². The molecule has 0 nitrogen and oxygen atoms in total. The predicted octanol–water partition coefficient (Wildman–Crippen LogP) is 3.97. The minimum absolute atomic E-state index is 0. The van der Waals surface area contributed by atoms with Crippen LogP contribution in [0.5, 0.6) is 0 Å². The third-order valence-corrected chi connectivity index (χ3v) is 19.6. The van der Waals surface area contributed by atoms with Crippen molar-refractivity contribution in [3.8, 4) is 0 Å². The summed E-state index contributed by atoms with van der Waals surface area (Å²) in [6.07, 6.45) is 12.1. The first-order valence-electron chi connectivity index (χ1n) is 16.8. The van der Waals surface area contributed by atoms with Gasteiger partial charge in [-0.2, -0.15) is 0 Å². The molecular formula is C42H51Cl2Si3Zr-. The maximum atomic E-state index is 4.01. The Kier molecular flexibility index (Phi) is 13.0. The van der Waals surface area contributed by atoms with E-state index in [2.05, 4.69) is 176 Å². The summed E-state index contributed by atoms with van der Waals surface area (Å²) in [6.45, 7) is 28.2. The van der Waals surface area contributed by atoms with Crippen molar-refractivity contribution >= 4 is 39.1 Å². The minimum atomic E-state index is -1.66. The molecule has 6 heteroatoms. The van der Waals surface area contributed by atoms with Gasteiger partial charge in [-0.15, -0.1) is 33.7 Å². The number of fused-ring (bicyclic) bond motifs is 2. The van der Waals surface area contributed by atoms with E-state index in [-0.39, 0.29) is 29.9 Å². The number of hydrogen-bond acceptors (Lipinski definition) is 0. The van der Waals surface area contributed by atoms with Gasteiger partial charge in [-0.3, -0.25) is 0 Å². The molecule has 0 saturated heterocycles. The van der Waals surface area contributed by atoms with Gasteiger partial charge in [0.05, 0.1) is 24.2 Å². The van der Waals surface area contributed by atoms with Crippen LogP contribution in [0.3, 0.4) is 0 Å². The first-order chi connectivity index (χ1) is 21.5. The molecule has 6 rings (SSSR count). The summed E-state index contributed by atoms with van der Waals surface area (Å²) < 4.78 is 1.42. The van der Waals surface area contributed by atoms with Crippen LogP contribution in [0.25, 0.3) is 11.6 Å². The van der Waals surface area contributed by atoms with E-state index in [0.717, 1.165) is 6.42 Å². The number of hydrogen-bond donors (Lipinski definition) is 0. The summed E-state index contributed by atoms with van der Waals surface area (Å²) >= 11 is 1.46. The second-order valence-electron chi connectivity index (χ2n) is 16.4. The molecule has 0 aromatic heterocycles. The zero-order valence-corrected chi connectivity index (χ0v) is 37.7. The van der Waals surface area contributed by atoms with Crippen LogP contribution in [-0.4, -0.2) is 27.4 Å². The fourth-order valence-corrected chi connectivity index (χ4v) is 19.5. The molecule has 3 aliphatic carbocycles. The Labute approximate surface area is 321 Å². The Morgan fingerprint density at radius 3 is 1.73 bits per heavy atom. The summed E-state index contributed by atoms with van der Waals surface area (Å²) in [5.41, 5.74) is 10.1. The number of aryl methyl sites for hydroxylation is 1. The molecule has 0 radical (unpaired) electrons. The molecule has 0 aliphatic heterocycles. The average molecular weight is 802 g/mol. The van der Waals surface area contributed by atoms with Crippen LogP contribution < -0.4 is 35.3 Å². The van der Waals surface area contributed by atoms with E-state index in [0.29, 0.717) is 0 Å². The summed E-state index contributed by atoms with van der Waals surface area (Å²) in [7, 11) is -4.94. The van der Waals surface area contributed by atoms with Gasteiger partial charge in [-0.1, -0.05) is 123 Å². The summed E-state index contributed by atoms with van der Waals surface area (Å²) in [5, 5.41) is 6.50. The molecule has 0 amide bonds. The zero-order chi connectivity index (χ0) is 33.7. The van der Waals surface area contributed by atoms with Gasteiger partial charge in [0.25, 0.3) is 0 Å². The molecule has 0 bridgehead atoms. The zero-order valence-electron chi connectivity index (χ0n) is 30.7. The van der Waals surface area contributed by atoms with Crippen LogP contribution >= 0.6 is 0 Å². The Morgan fingerprint density at radius 2 is 1.29 bits per heavy atom. The predicted molar refractivity (Wildman–Crippen MR) is 208 cm³/mol. The Morgan fingerprint density at radius 1 is 0.750 bits per heavy atom. The van der Waals surface area contributed by atoms with Crippen molar-refractivity contribution in [1.82, 2.24) is 0 Å². The molecule has 1 unspecified atom stereocenters. The number of benzene rings is 3. The molecule has 3 aromatic carbocycles. The Bertz CT molecular complexity index is 1890.